The zero-order chi connectivity index (χ0) is 11.8. The van der Waals surface area contributed by atoms with E-state index in [9.17, 15) is 0 Å². The van der Waals surface area contributed by atoms with Crippen molar-refractivity contribution in [2.24, 2.45) is 0 Å². The molecule has 0 aliphatic heterocycles. The minimum absolute atomic E-state index is 0.975. The van der Waals surface area contributed by atoms with Crippen LogP contribution in [0.15, 0.2) is 53.3 Å². The van der Waals surface area contributed by atoms with Crippen LogP contribution in [0.2, 0.25) is 0 Å². The molecule has 84 valence electrons. The summed E-state index contributed by atoms with van der Waals surface area (Å²) in [4.78, 5) is 4.60. The van der Waals surface area contributed by atoms with Crippen molar-refractivity contribution in [2.45, 2.75) is 0 Å². The van der Waals surface area contributed by atoms with Gasteiger partial charge < -0.3 is 4.40 Å². The van der Waals surface area contributed by atoms with Gasteiger partial charge in [0.25, 0.3) is 0 Å². The lowest BCUT2D eigenvalue weighted by Gasteiger charge is -1.95. The average Bonchev–Trinajstić information content (AvgIpc) is 2.72. The smallest absolute Gasteiger partial charge is 0.137 e. The van der Waals surface area contributed by atoms with E-state index in [0.29, 0.717) is 0 Å². The van der Waals surface area contributed by atoms with Crippen molar-refractivity contribution in [1.29, 1.82) is 0 Å². The molecule has 3 aromatic rings. The molecular weight excluding hydrogens is 389 g/mol. The second-order valence-electron chi connectivity index (χ2n) is 3.75. The Kier molecular flexibility index (Phi) is 2.92. The summed E-state index contributed by atoms with van der Waals surface area (Å²) >= 11 is 5.74. The highest BCUT2D eigenvalue weighted by atomic mass is 125. The van der Waals surface area contributed by atoms with Crippen LogP contribution in [0.4, 0.5) is 0 Å². The molecule has 1 aromatic carbocycles. The summed E-state index contributed by atoms with van der Waals surface area (Å²) in [5.41, 5.74) is 3.11. The Labute approximate surface area is 121 Å². The quantitative estimate of drug-likeness (QED) is 0.558. The summed E-state index contributed by atoms with van der Waals surface area (Å²) in [6.45, 7) is 0. The fourth-order valence-corrected chi connectivity index (χ4v) is 2.47. The van der Waals surface area contributed by atoms with Crippen molar-refractivity contribution in [3.8, 4) is 11.3 Å². The first-order chi connectivity index (χ1) is 8.22. The van der Waals surface area contributed by atoms with Crippen molar-refractivity contribution in [1.82, 2.24) is 9.38 Å². The number of aromatic nitrogens is 2. The average molecular weight is 397 g/mol. The number of pyridine rings is 1. The molecule has 0 atom stereocenters. The van der Waals surface area contributed by atoms with Gasteiger partial charge in [-0.05, 0) is 46.9 Å². The Morgan fingerprint density at radius 1 is 1.00 bits per heavy atom. The SMILES string of the molecule is Brc1ccc(-c2cn3cc([125I])ccc3n2)cc1. The monoisotopic (exact) mass is 396 g/mol. The molecule has 0 N–H and O–H groups in total. The molecule has 2 aromatic heterocycles. The second-order valence-corrected chi connectivity index (χ2v) is 5.91. The van der Waals surface area contributed by atoms with Crippen molar-refractivity contribution in [3.63, 3.8) is 0 Å². The molecule has 0 radical (unpaired) electrons. The van der Waals surface area contributed by atoms with E-state index in [1.165, 1.54) is 3.57 Å². The number of benzene rings is 1. The number of hydrogen-bond donors (Lipinski definition) is 0. The Balaban J connectivity index is 2.14. The van der Waals surface area contributed by atoms with Crippen LogP contribution in [-0.4, -0.2) is 9.38 Å². The third kappa shape index (κ3) is 2.24. The first-order valence-corrected chi connectivity index (χ1v) is 7.00. The van der Waals surface area contributed by atoms with Gasteiger partial charge in [-0.25, -0.2) is 4.98 Å². The van der Waals surface area contributed by atoms with Crippen molar-refractivity contribution < 1.29 is 0 Å². The lowest BCUT2D eigenvalue weighted by molar-refractivity contribution is 1.17. The minimum Gasteiger partial charge on any atom is -0.305 e. The van der Waals surface area contributed by atoms with E-state index in [2.05, 4.69) is 78.5 Å². The molecule has 0 saturated heterocycles. The third-order valence-corrected chi connectivity index (χ3v) is 3.72. The predicted octanol–water partition coefficient (Wildman–Crippen LogP) is 4.37. The molecule has 2 heterocycles. The van der Waals surface area contributed by atoms with Gasteiger partial charge in [-0.3, -0.25) is 0 Å². The lowest BCUT2D eigenvalue weighted by Crippen LogP contribution is -1.82. The maximum absolute atomic E-state index is 4.60. The molecule has 0 spiro atoms. The van der Waals surface area contributed by atoms with Crippen molar-refractivity contribution in [2.75, 3.05) is 0 Å². The topological polar surface area (TPSA) is 17.3 Å². The van der Waals surface area contributed by atoms with Gasteiger partial charge in [0.1, 0.15) is 5.65 Å². The van der Waals surface area contributed by atoms with Crippen LogP contribution in [-0.2, 0) is 0 Å². The highest BCUT2D eigenvalue weighted by Gasteiger charge is 2.04. The summed E-state index contributed by atoms with van der Waals surface area (Å²) < 4.78 is 4.34. The van der Waals surface area contributed by atoms with Crippen LogP contribution in [0.25, 0.3) is 16.9 Å². The van der Waals surface area contributed by atoms with Gasteiger partial charge in [0.2, 0.25) is 0 Å². The van der Waals surface area contributed by atoms with Gasteiger partial charge >= 0.3 is 0 Å². The Bertz CT molecular complexity index is 673. The van der Waals surface area contributed by atoms with Gasteiger partial charge in [-0.2, -0.15) is 0 Å². The predicted molar refractivity (Wildman–Crippen MR) is 81.0 cm³/mol. The van der Waals surface area contributed by atoms with Crippen LogP contribution in [0.5, 0.6) is 0 Å². The number of fused-ring (bicyclic) bond motifs is 1. The molecule has 4 heteroatoms. The summed E-state index contributed by atoms with van der Waals surface area (Å²) in [5.74, 6) is 0. The van der Waals surface area contributed by atoms with Gasteiger partial charge in [0.15, 0.2) is 0 Å². The van der Waals surface area contributed by atoms with Gasteiger partial charge in [-0.15, -0.1) is 0 Å². The number of halogens is 2. The first kappa shape index (κ1) is 11.2. The summed E-state index contributed by atoms with van der Waals surface area (Å²) in [5, 5.41) is 0. The molecule has 0 bridgehead atoms. The maximum atomic E-state index is 4.60. The second kappa shape index (κ2) is 4.42. The number of nitrogens with zero attached hydrogens (tertiary/aromatic N) is 2. The standard InChI is InChI=1S/C13H8BrIN2/c14-10-3-1-9(2-4-10)12-8-17-7-11(15)5-6-13(17)16-12/h1-8H/i15-2. The number of hydrogen-bond acceptors (Lipinski definition) is 1. The molecule has 3 rings (SSSR count). The maximum Gasteiger partial charge on any atom is 0.137 e. The van der Waals surface area contributed by atoms with E-state index in [0.717, 1.165) is 21.4 Å². The Morgan fingerprint density at radius 3 is 2.53 bits per heavy atom. The molecular formula is C13H8BrIN2. The zero-order valence-corrected chi connectivity index (χ0v) is 12.5. The van der Waals surface area contributed by atoms with Crippen LogP contribution in [0.1, 0.15) is 0 Å². The van der Waals surface area contributed by atoms with E-state index in [1.807, 2.05) is 18.2 Å². The molecule has 0 aliphatic carbocycles. The van der Waals surface area contributed by atoms with Gasteiger partial charge in [-0.1, -0.05) is 28.1 Å². The van der Waals surface area contributed by atoms with Crippen LogP contribution < -0.4 is 0 Å². The Hall–Kier alpha value is -0.880. The molecule has 0 fully saturated rings. The van der Waals surface area contributed by atoms with Crippen LogP contribution in [0, 0.1) is 3.57 Å². The molecule has 0 aliphatic rings. The fraction of sp³-hybridized carbons (Fsp3) is 0. The highest BCUT2D eigenvalue weighted by molar-refractivity contribution is 14.1. The minimum atomic E-state index is 0.975. The number of imidazole rings is 1. The van der Waals surface area contributed by atoms with Gasteiger partial charge in [0, 0.05) is 26.0 Å². The molecule has 17 heavy (non-hydrogen) atoms. The van der Waals surface area contributed by atoms with E-state index >= 15 is 0 Å². The zero-order valence-electron chi connectivity index (χ0n) is 8.77. The first-order valence-electron chi connectivity index (χ1n) is 5.12. The van der Waals surface area contributed by atoms with E-state index in [-0.39, 0.29) is 0 Å². The molecule has 0 saturated carbocycles. The molecule has 0 amide bonds. The van der Waals surface area contributed by atoms with Crippen LogP contribution >= 0.6 is 38.5 Å². The fourth-order valence-electron chi connectivity index (χ4n) is 1.72. The van der Waals surface area contributed by atoms with Crippen molar-refractivity contribution in [3.05, 3.63) is 56.8 Å². The van der Waals surface area contributed by atoms with Crippen LogP contribution in [0.3, 0.4) is 0 Å². The number of rotatable bonds is 1. The normalized spacial score (nSPS) is 10.9. The third-order valence-electron chi connectivity index (χ3n) is 2.55. The molecule has 2 nitrogen and oxygen atoms in total. The summed E-state index contributed by atoms with van der Waals surface area (Å²) in [7, 11) is 0. The van der Waals surface area contributed by atoms with Crippen molar-refractivity contribution >= 4 is 44.2 Å². The van der Waals surface area contributed by atoms with E-state index in [1.54, 1.807) is 0 Å². The molecule has 0 unspecified atom stereocenters. The Morgan fingerprint density at radius 2 is 1.76 bits per heavy atom. The van der Waals surface area contributed by atoms with Gasteiger partial charge in [0.05, 0.1) is 5.69 Å². The highest BCUT2D eigenvalue weighted by Crippen LogP contribution is 2.21. The largest absolute Gasteiger partial charge is 0.305 e. The summed E-state index contributed by atoms with van der Waals surface area (Å²) in [6.07, 6.45) is 4.13. The van der Waals surface area contributed by atoms with E-state index in [4.69, 9.17) is 0 Å². The van der Waals surface area contributed by atoms with E-state index < -0.39 is 0 Å². The summed E-state index contributed by atoms with van der Waals surface area (Å²) in [6, 6.07) is 12.3. The lowest BCUT2D eigenvalue weighted by atomic mass is 10.2.